The van der Waals surface area contributed by atoms with Crippen molar-refractivity contribution in [2.45, 2.75) is 0 Å². The molecule has 0 radical (unpaired) electrons. The van der Waals surface area contributed by atoms with E-state index in [-0.39, 0.29) is 0 Å². The molecular weight excluding hydrogens is 691 g/mol. The zero-order valence-corrected chi connectivity index (χ0v) is 30.1. The third kappa shape index (κ3) is 6.21. The zero-order chi connectivity index (χ0) is 37.3. The van der Waals surface area contributed by atoms with Crippen molar-refractivity contribution in [2.24, 2.45) is 0 Å². The van der Waals surface area contributed by atoms with E-state index in [4.69, 9.17) is 4.42 Å². The first-order chi connectivity index (χ1) is 27.7. The summed E-state index contributed by atoms with van der Waals surface area (Å²) in [5.74, 6) is 0.550. The highest BCUT2D eigenvalue weighted by molar-refractivity contribution is 5.82. The predicted octanol–water partition coefficient (Wildman–Crippen LogP) is 12.2. The molecule has 0 amide bonds. The van der Waals surface area contributed by atoms with Crippen LogP contribution in [0.15, 0.2) is 205 Å². The fourth-order valence-corrected chi connectivity index (χ4v) is 7.11. The zero-order valence-electron chi connectivity index (χ0n) is 30.1. The molecule has 4 aromatic heterocycles. The third-order valence-electron chi connectivity index (χ3n) is 9.85. The predicted molar refractivity (Wildman–Crippen MR) is 224 cm³/mol. The summed E-state index contributed by atoms with van der Waals surface area (Å²) < 4.78 is 7.80. The van der Waals surface area contributed by atoms with E-state index in [0.29, 0.717) is 11.6 Å². The lowest BCUT2D eigenvalue weighted by atomic mass is 10.0. The maximum absolute atomic E-state index is 5.93. The molecular formula is C48H33N7O. The summed E-state index contributed by atoms with van der Waals surface area (Å²) in [5, 5.41) is 4.50. The lowest BCUT2D eigenvalue weighted by molar-refractivity contribution is 0.608. The van der Waals surface area contributed by atoms with Crippen LogP contribution in [0.1, 0.15) is 0 Å². The molecule has 0 unspecified atom stereocenters. The van der Waals surface area contributed by atoms with Crippen molar-refractivity contribution in [3.8, 4) is 33.8 Å². The Morgan fingerprint density at radius 1 is 0.411 bits per heavy atom. The molecule has 0 bridgehead atoms. The number of aromatic nitrogens is 5. The molecule has 0 fully saturated rings. The van der Waals surface area contributed by atoms with Gasteiger partial charge in [0.1, 0.15) is 5.52 Å². The molecule has 56 heavy (non-hydrogen) atoms. The van der Waals surface area contributed by atoms with Gasteiger partial charge in [-0.05, 0) is 120 Å². The van der Waals surface area contributed by atoms with E-state index in [9.17, 15) is 0 Å². The van der Waals surface area contributed by atoms with Crippen molar-refractivity contribution in [1.82, 2.24) is 24.6 Å². The van der Waals surface area contributed by atoms with E-state index < -0.39 is 0 Å². The van der Waals surface area contributed by atoms with E-state index >= 15 is 0 Å². The summed E-state index contributed by atoms with van der Waals surface area (Å²) >= 11 is 0. The van der Waals surface area contributed by atoms with Gasteiger partial charge in [-0.3, -0.25) is 0 Å². The van der Waals surface area contributed by atoms with Crippen LogP contribution < -0.4 is 9.80 Å². The molecule has 0 aliphatic carbocycles. The molecule has 0 saturated heterocycles. The summed E-state index contributed by atoms with van der Waals surface area (Å²) in [7, 11) is 0. The van der Waals surface area contributed by atoms with Gasteiger partial charge in [-0.25, -0.2) is 19.5 Å². The van der Waals surface area contributed by atoms with Crippen molar-refractivity contribution in [3.05, 3.63) is 201 Å². The molecule has 4 heterocycles. The second-order valence-corrected chi connectivity index (χ2v) is 13.3. The first-order valence-electron chi connectivity index (χ1n) is 18.4. The second kappa shape index (κ2) is 14.2. The number of anilines is 6. The number of pyridine rings is 1. The standard InChI is InChI=1S/C48H33N7O/c1-3-9-38(10-4-1)53(42-27-19-36(20-28-42)45-33-50-46-14-8-32-51-55(45)46)40-23-15-34(16-24-40)35-17-25-41(26-18-35)54(39-11-5-2-6-12-39)43-29-21-37(22-30-43)47-52-44-13-7-31-49-48(44)56-47/h1-33H. The summed E-state index contributed by atoms with van der Waals surface area (Å²) in [6.45, 7) is 0. The highest BCUT2D eigenvalue weighted by Crippen LogP contribution is 2.39. The van der Waals surface area contributed by atoms with Crippen LogP contribution in [-0.4, -0.2) is 24.6 Å². The smallest absolute Gasteiger partial charge is 0.247 e. The van der Waals surface area contributed by atoms with Crippen LogP contribution in [-0.2, 0) is 0 Å². The third-order valence-corrected chi connectivity index (χ3v) is 9.85. The van der Waals surface area contributed by atoms with E-state index in [1.807, 2.05) is 59.2 Å². The summed E-state index contributed by atoms with van der Waals surface area (Å²) in [5.41, 5.74) is 13.6. The van der Waals surface area contributed by atoms with E-state index in [2.05, 4.69) is 163 Å². The summed E-state index contributed by atoms with van der Waals surface area (Å²) in [6.07, 6.45) is 5.36. The molecule has 8 nitrogen and oxygen atoms in total. The molecule has 6 aromatic carbocycles. The fraction of sp³-hybridized carbons (Fsp3) is 0. The Labute approximate surface area is 323 Å². The molecule has 10 aromatic rings. The van der Waals surface area contributed by atoms with Crippen LogP contribution in [0.3, 0.4) is 0 Å². The Kier molecular flexibility index (Phi) is 8.31. The van der Waals surface area contributed by atoms with Crippen molar-refractivity contribution in [3.63, 3.8) is 0 Å². The molecule has 0 atom stereocenters. The van der Waals surface area contributed by atoms with Gasteiger partial charge in [0, 0.05) is 57.6 Å². The van der Waals surface area contributed by atoms with Gasteiger partial charge >= 0.3 is 0 Å². The number of fused-ring (bicyclic) bond motifs is 2. The number of hydrogen-bond acceptors (Lipinski definition) is 7. The van der Waals surface area contributed by atoms with E-state index in [0.717, 1.165) is 73.2 Å². The van der Waals surface area contributed by atoms with E-state index in [1.54, 1.807) is 12.4 Å². The van der Waals surface area contributed by atoms with Gasteiger partial charge in [-0.2, -0.15) is 5.10 Å². The number of oxazole rings is 1. The first-order valence-corrected chi connectivity index (χ1v) is 18.4. The lowest BCUT2D eigenvalue weighted by Crippen LogP contribution is -2.10. The monoisotopic (exact) mass is 723 g/mol. The average molecular weight is 724 g/mol. The van der Waals surface area contributed by atoms with Crippen molar-refractivity contribution in [2.75, 3.05) is 9.80 Å². The number of benzene rings is 6. The van der Waals surface area contributed by atoms with Gasteiger partial charge in [0.15, 0.2) is 5.65 Å². The molecule has 0 N–H and O–H groups in total. The maximum atomic E-state index is 5.93. The van der Waals surface area contributed by atoms with Crippen LogP contribution in [0, 0.1) is 0 Å². The molecule has 8 heteroatoms. The Hall–Kier alpha value is -7.84. The van der Waals surface area contributed by atoms with Crippen LogP contribution in [0.5, 0.6) is 0 Å². The number of hydrogen-bond donors (Lipinski definition) is 0. The molecule has 0 aliphatic heterocycles. The second-order valence-electron chi connectivity index (χ2n) is 13.3. The minimum atomic E-state index is 0.532. The Morgan fingerprint density at radius 2 is 0.893 bits per heavy atom. The van der Waals surface area contributed by atoms with Gasteiger partial charge in [-0.1, -0.05) is 72.8 Å². The summed E-state index contributed by atoms with van der Waals surface area (Å²) in [6, 6.07) is 62.8. The molecule has 266 valence electrons. The Morgan fingerprint density at radius 3 is 1.43 bits per heavy atom. The molecule has 0 spiro atoms. The van der Waals surface area contributed by atoms with Crippen LogP contribution in [0.25, 0.3) is 50.7 Å². The van der Waals surface area contributed by atoms with Crippen LogP contribution in [0.4, 0.5) is 34.1 Å². The van der Waals surface area contributed by atoms with Gasteiger partial charge < -0.3 is 14.2 Å². The van der Waals surface area contributed by atoms with Crippen molar-refractivity contribution < 1.29 is 4.42 Å². The SMILES string of the molecule is c1ccc(N(c2ccc(-c3ccc(N(c4ccccc4)c4ccc(-c5cnc6cccnn56)cc4)cc3)cc2)c2ccc(-c3nc4cccnc4o3)cc2)cc1. The number of imidazole rings is 1. The minimum absolute atomic E-state index is 0.532. The number of para-hydroxylation sites is 2. The first kappa shape index (κ1) is 32.8. The molecule has 0 saturated carbocycles. The van der Waals surface area contributed by atoms with E-state index in [1.165, 1.54) is 0 Å². The van der Waals surface area contributed by atoms with Gasteiger partial charge in [0.2, 0.25) is 11.6 Å². The van der Waals surface area contributed by atoms with Gasteiger partial charge in [0.25, 0.3) is 0 Å². The summed E-state index contributed by atoms with van der Waals surface area (Å²) in [4.78, 5) is 18.0. The lowest BCUT2D eigenvalue weighted by Gasteiger charge is -2.26. The maximum Gasteiger partial charge on any atom is 0.247 e. The average Bonchev–Trinajstić information content (AvgIpc) is 3.91. The Bertz CT molecular complexity index is 2860. The van der Waals surface area contributed by atoms with Crippen molar-refractivity contribution in [1.29, 1.82) is 0 Å². The molecule has 0 aliphatic rings. The number of nitrogens with zero attached hydrogens (tertiary/aromatic N) is 7. The fourth-order valence-electron chi connectivity index (χ4n) is 7.11. The van der Waals surface area contributed by atoms with Gasteiger partial charge in [-0.15, -0.1) is 0 Å². The topological polar surface area (TPSA) is 75.6 Å². The van der Waals surface area contributed by atoms with Crippen molar-refractivity contribution >= 4 is 51.0 Å². The highest BCUT2D eigenvalue weighted by Gasteiger charge is 2.17. The number of rotatable bonds is 9. The van der Waals surface area contributed by atoms with Gasteiger partial charge in [0.05, 0.1) is 11.9 Å². The quantitative estimate of drug-likeness (QED) is 0.147. The molecule has 10 rings (SSSR count). The van der Waals surface area contributed by atoms with Crippen LogP contribution in [0.2, 0.25) is 0 Å². The normalized spacial score (nSPS) is 11.2. The Balaban J connectivity index is 0.930. The minimum Gasteiger partial charge on any atom is -0.418 e. The van der Waals surface area contributed by atoms with Crippen LogP contribution >= 0.6 is 0 Å². The largest absolute Gasteiger partial charge is 0.418 e. The highest BCUT2D eigenvalue weighted by atomic mass is 16.4.